The van der Waals surface area contributed by atoms with E-state index in [1.807, 2.05) is 0 Å². The molecule has 120 valence electrons. The van der Waals surface area contributed by atoms with Crippen molar-refractivity contribution in [1.82, 2.24) is 5.32 Å². The summed E-state index contributed by atoms with van der Waals surface area (Å²) in [6.07, 6.45) is 0. The molecule has 0 saturated heterocycles. The van der Waals surface area contributed by atoms with Crippen LogP contribution in [0.5, 0.6) is 0 Å². The SMILES string of the molecule is CNC(=O)c1ccc(NC(=O)CNc2ccc(Cl)cc2Cl)cc1. The lowest BCUT2D eigenvalue weighted by molar-refractivity contribution is -0.114. The minimum atomic E-state index is -0.233. The molecule has 0 aliphatic rings. The van der Waals surface area contributed by atoms with E-state index in [1.165, 1.54) is 0 Å². The second-order valence-corrected chi connectivity index (χ2v) is 5.53. The zero-order valence-electron chi connectivity index (χ0n) is 12.3. The van der Waals surface area contributed by atoms with Crippen LogP contribution < -0.4 is 16.0 Å². The minimum absolute atomic E-state index is 0.0541. The Morgan fingerprint density at radius 2 is 1.74 bits per heavy atom. The van der Waals surface area contributed by atoms with Crippen molar-refractivity contribution in [2.45, 2.75) is 0 Å². The number of hydrogen-bond acceptors (Lipinski definition) is 3. The number of hydrogen-bond donors (Lipinski definition) is 3. The normalized spacial score (nSPS) is 10.0. The summed E-state index contributed by atoms with van der Waals surface area (Å²) in [6, 6.07) is 11.6. The van der Waals surface area contributed by atoms with E-state index in [0.717, 1.165) is 0 Å². The van der Waals surface area contributed by atoms with Crippen molar-refractivity contribution in [3.8, 4) is 0 Å². The van der Waals surface area contributed by atoms with Crippen molar-refractivity contribution in [3.63, 3.8) is 0 Å². The zero-order valence-corrected chi connectivity index (χ0v) is 13.8. The predicted molar refractivity (Wildman–Crippen MR) is 93.4 cm³/mol. The first-order valence-electron chi connectivity index (χ1n) is 6.80. The van der Waals surface area contributed by atoms with Gasteiger partial charge < -0.3 is 16.0 Å². The highest BCUT2D eigenvalue weighted by Gasteiger charge is 2.06. The second kappa shape index (κ2) is 7.85. The summed E-state index contributed by atoms with van der Waals surface area (Å²) < 4.78 is 0. The van der Waals surface area contributed by atoms with Gasteiger partial charge in [0.2, 0.25) is 5.91 Å². The Bertz CT molecular complexity index is 718. The molecule has 3 N–H and O–H groups in total. The summed E-state index contributed by atoms with van der Waals surface area (Å²) in [4.78, 5) is 23.3. The highest BCUT2D eigenvalue weighted by atomic mass is 35.5. The number of halogens is 2. The molecule has 5 nitrogen and oxygen atoms in total. The molecule has 2 aromatic rings. The van der Waals surface area contributed by atoms with E-state index in [4.69, 9.17) is 23.2 Å². The van der Waals surface area contributed by atoms with Crippen LogP contribution in [0, 0.1) is 0 Å². The highest BCUT2D eigenvalue weighted by Crippen LogP contribution is 2.25. The Hall–Kier alpha value is -2.24. The second-order valence-electron chi connectivity index (χ2n) is 4.68. The third kappa shape index (κ3) is 4.87. The largest absolute Gasteiger partial charge is 0.375 e. The van der Waals surface area contributed by atoms with Crippen LogP contribution in [0.25, 0.3) is 0 Å². The smallest absolute Gasteiger partial charge is 0.251 e. The van der Waals surface area contributed by atoms with Crippen LogP contribution in [0.2, 0.25) is 10.0 Å². The predicted octanol–water partition coefficient (Wildman–Crippen LogP) is 3.40. The van der Waals surface area contributed by atoms with Crippen LogP contribution in [0.3, 0.4) is 0 Å². The van der Waals surface area contributed by atoms with E-state index >= 15 is 0 Å². The quantitative estimate of drug-likeness (QED) is 0.772. The molecule has 0 bridgehead atoms. The van der Waals surface area contributed by atoms with Crippen molar-refractivity contribution in [2.75, 3.05) is 24.2 Å². The number of amides is 2. The van der Waals surface area contributed by atoms with Gasteiger partial charge in [0.1, 0.15) is 0 Å². The van der Waals surface area contributed by atoms with Gasteiger partial charge in [-0.15, -0.1) is 0 Å². The fourth-order valence-electron chi connectivity index (χ4n) is 1.86. The van der Waals surface area contributed by atoms with E-state index < -0.39 is 0 Å². The van der Waals surface area contributed by atoms with Gasteiger partial charge in [0.15, 0.2) is 0 Å². The maximum absolute atomic E-state index is 11.9. The molecule has 0 heterocycles. The van der Waals surface area contributed by atoms with Crippen molar-refractivity contribution in [3.05, 3.63) is 58.1 Å². The van der Waals surface area contributed by atoms with E-state index in [2.05, 4.69) is 16.0 Å². The Morgan fingerprint density at radius 3 is 2.35 bits per heavy atom. The van der Waals surface area contributed by atoms with Gasteiger partial charge in [0.05, 0.1) is 17.3 Å². The summed E-state index contributed by atoms with van der Waals surface area (Å²) in [7, 11) is 1.56. The summed E-state index contributed by atoms with van der Waals surface area (Å²) in [5, 5.41) is 9.16. The fraction of sp³-hybridized carbons (Fsp3) is 0.125. The Morgan fingerprint density at radius 1 is 1.04 bits per heavy atom. The molecular weight excluding hydrogens is 337 g/mol. The first kappa shape index (κ1) is 17.1. The third-order valence-electron chi connectivity index (χ3n) is 3.03. The lowest BCUT2D eigenvalue weighted by Gasteiger charge is -2.10. The van der Waals surface area contributed by atoms with Crippen molar-refractivity contribution < 1.29 is 9.59 Å². The molecule has 0 radical (unpaired) electrons. The van der Waals surface area contributed by atoms with Gasteiger partial charge in [-0.3, -0.25) is 9.59 Å². The van der Waals surface area contributed by atoms with Crippen LogP contribution in [0.4, 0.5) is 11.4 Å². The highest BCUT2D eigenvalue weighted by molar-refractivity contribution is 6.36. The number of rotatable bonds is 5. The van der Waals surface area contributed by atoms with Gasteiger partial charge in [-0.2, -0.15) is 0 Å². The van der Waals surface area contributed by atoms with Gasteiger partial charge in [-0.25, -0.2) is 0 Å². The fourth-order valence-corrected chi connectivity index (χ4v) is 2.34. The standard InChI is InChI=1S/C16H15Cl2N3O2/c1-19-16(23)10-2-5-12(6-3-10)21-15(22)9-20-14-7-4-11(17)8-13(14)18/h2-8,20H,9H2,1H3,(H,19,23)(H,21,22). The number of carbonyl (C=O) groups is 2. The lowest BCUT2D eigenvalue weighted by atomic mass is 10.2. The van der Waals surface area contributed by atoms with Gasteiger partial charge in [0.25, 0.3) is 5.91 Å². The average molecular weight is 352 g/mol. The van der Waals surface area contributed by atoms with Crippen LogP contribution in [-0.4, -0.2) is 25.4 Å². The van der Waals surface area contributed by atoms with E-state index in [1.54, 1.807) is 49.5 Å². The molecule has 2 aromatic carbocycles. The Balaban J connectivity index is 1.90. The molecule has 0 atom stereocenters. The van der Waals surface area contributed by atoms with Crippen LogP contribution in [0.15, 0.2) is 42.5 Å². The van der Waals surface area contributed by atoms with Gasteiger partial charge in [0, 0.05) is 23.3 Å². The van der Waals surface area contributed by atoms with E-state index in [0.29, 0.717) is 27.0 Å². The average Bonchev–Trinajstić information content (AvgIpc) is 2.54. The minimum Gasteiger partial charge on any atom is -0.375 e. The number of anilines is 2. The summed E-state index contributed by atoms with van der Waals surface area (Å²) in [6.45, 7) is 0.0541. The van der Waals surface area contributed by atoms with Crippen LogP contribution >= 0.6 is 23.2 Å². The summed E-state index contributed by atoms with van der Waals surface area (Å²) in [5.41, 5.74) is 1.75. The zero-order chi connectivity index (χ0) is 16.8. The lowest BCUT2D eigenvalue weighted by Crippen LogP contribution is -2.22. The molecule has 2 rings (SSSR count). The van der Waals surface area contributed by atoms with Crippen LogP contribution in [0.1, 0.15) is 10.4 Å². The van der Waals surface area contributed by atoms with Crippen LogP contribution in [-0.2, 0) is 4.79 Å². The molecule has 0 aliphatic heterocycles. The molecule has 0 saturated carbocycles. The van der Waals surface area contributed by atoms with Gasteiger partial charge >= 0.3 is 0 Å². The van der Waals surface area contributed by atoms with E-state index in [-0.39, 0.29) is 18.4 Å². The van der Waals surface area contributed by atoms with Crippen molar-refractivity contribution >= 4 is 46.4 Å². The van der Waals surface area contributed by atoms with Crippen molar-refractivity contribution in [2.24, 2.45) is 0 Å². The molecular formula is C16H15Cl2N3O2. The molecule has 0 aliphatic carbocycles. The Labute approximate surface area is 144 Å². The van der Waals surface area contributed by atoms with Gasteiger partial charge in [-0.1, -0.05) is 23.2 Å². The maximum Gasteiger partial charge on any atom is 0.251 e. The number of carbonyl (C=O) groups excluding carboxylic acids is 2. The molecule has 7 heteroatoms. The molecule has 23 heavy (non-hydrogen) atoms. The number of nitrogens with one attached hydrogen (secondary N) is 3. The summed E-state index contributed by atoms with van der Waals surface area (Å²) >= 11 is 11.8. The Kier molecular flexibility index (Phi) is 5.84. The monoisotopic (exact) mass is 351 g/mol. The summed E-state index contributed by atoms with van der Waals surface area (Å²) in [5.74, 6) is -0.411. The molecule has 0 unspecified atom stereocenters. The molecule has 0 spiro atoms. The first-order chi connectivity index (χ1) is 11.0. The maximum atomic E-state index is 11.9. The van der Waals surface area contributed by atoms with Gasteiger partial charge in [-0.05, 0) is 42.5 Å². The van der Waals surface area contributed by atoms with Crippen molar-refractivity contribution in [1.29, 1.82) is 0 Å². The van der Waals surface area contributed by atoms with E-state index in [9.17, 15) is 9.59 Å². The molecule has 2 amide bonds. The number of benzene rings is 2. The molecule has 0 fully saturated rings. The topological polar surface area (TPSA) is 70.2 Å². The molecule has 0 aromatic heterocycles. The third-order valence-corrected chi connectivity index (χ3v) is 3.58. The first-order valence-corrected chi connectivity index (χ1v) is 7.56.